The Bertz CT molecular complexity index is 1210. The summed E-state index contributed by atoms with van der Waals surface area (Å²) in [5.74, 6) is 0. The third kappa shape index (κ3) is 13.9. The van der Waals surface area contributed by atoms with Crippen LogP contribution in [0.15, 0.2) is 130 Å². The summed E-state index contributed by atoms with van der Waals surface area (Å²) < 4.78 is 0. The van der Waals surface area contributed by atoms with E-state index in [9.17, 15) is 0 Å². The van der Waals surface area contributed by atoms with Gasteiger partial charge in [-0.3, -0.25) is 0 Å². The second-order valence-corrected chi connectivity index (χ2v) is 13.4. The molecule has 2 rings (SSSR count). The van der Waals surface area contributed by atoms with Gasteiger partial charge in [-0.1, -0.05) is 154 Å². The molecule has 0 fully saturated rings. The van der Waals surface area contributed by atoms with Crippen LogP contribution in [0.1, 0.15) is 122 Å². The molecular weight excluding hydrogens is 504 g/mol. The lowest BCUT2D eigenvalue weighted by Crippen LogP contribution is -2.19. The van der Waals surface area contributed by atoms with Gasteiger partial charge in [0.15, 0.2) is 0 Å². The van der Waals surface area contributed by atoms with Gasteiger partial charge >= 0.3 is 0 Å². The van der Waals surface area contributed by atoms with Gasteiger partial charge in [0.1, 0.15) is 0 Å². The lowest BCUT2D eigenvalue weighted by atomic mass is 9.72. The fraction of sp³-hybridized carbons (Fsp3) is 0.476. The van der Waals surface area contributed by atoms with Gasteiger partial charge in [-0.25, -0.2) is 0 Å². The summed E-state index contributed by atoms with van der Waals surface area (Å²) in [5, 5.41) is 0. The predicted molar refractivity (Wildman–Crippen MR) is 193 cm³/mol. The molecule has 230 valence electrons. The van der Waals surface area contributed by atoms with Crippen molar-refractivity contribution in [3.05, 3.63) is 130 Å². The Balaban J connectivity index is 0.000000420. The van der Waals surface area contributed by atoms with Gasteiger partial charge in [-0.15, -0.1) is 0 Å². The average Bonchev–Trinajstić information content (AvgIpc) is 2.88. The Labute approximate surface area is 261 Å². The summed E-state index contributed by atoms with van der Waals surface area (Å²) in [6, 6.07) is 0. The molecule has 0 saturated carbocycles. The van der Waals surface area contributed by atoms with Gasteiger partial charge in [-0.2, -0.15) is 0 Å². The second kappa shape index (κ2) is 18.6. The van der Waals surface area contributed by atoms with Gasteiger partial charge in [0, 0.05) is 0 Å². The average molecular weight is 567 g/mol. The maximum absolute atomic E-state index is 2.37. The smallest absolute Gasteiger partial charge is 0.00664 e. The molecule has 2 aliphatic rings. The standard InChI is InChI=1S/C21H32.C21H30/c2*1-7-10-17(2)11-8-12-18(3)14-15-20-19(4)13-9-16-21(20,5)6/h8,10-12,14-15H,7,9,13,16H2,1-6H3;8-15H,7,16H2,1-6H3/b2*11-8+,15-14+,17-10+,18-12+. The lowest BCUT2D eigenvalue weighted by Gasteiger charge is -2.32. The van der Waals surface area contributed by atoms with E-state index in [4.69, 9.17) is 0 Å². The van der Waals surface area contributed by atoms with Gasteiger partial charge in [0.05, 0.1) is 0 Å². The quantitative estimate of drug-likeness (QED) is 0.231. The first-order valence-corrected chi connectivity index (χ1v) is 16.2. The number of allylic oxidation sites excluding steroid dienone is 22. The third-order valence-corrected chi connectivity index (χ3v) is 8.21. The van der Waals surface area contributed by atoms with Crippen LogP contribution < -0.4 is 0 Å². The highest BCUT2D eigenvalue weighted by Crippen LogP contribution is 2.41. The minimum atomic E-state index is 0.242. The lowest BCUT2D eigenvalue weighted by molar-refractivity contribution is 0.377. The zero-order valence-corrected chi connectivity index (χ0v) is 29.3. The van der Waals surface area contributed by atoms with Crippen molar-refractivity contribution < 1.29 is 0 Å². The third-order valence-electron chi connectivity index (χ3n) is 8.21. The highest BCUT2D eigenvalue weighted by Gasteiger charge is 2.26. The minimum absolute atomic E-state index is 0.242. The number of hydrogen-bond acceptors (Lipinski definition) is 0. The van der Waals surface area contributed by atoms with Crippen molar-refractivity contribution in [2.75, 3.05) is 0 Å². The van der Waals surface area contributed by atoms with Crippen LogP contribution in [0.5, 0.6) is 0 Å². The molecule has 0 heterocycles. The first kappa shape index (κ1) is 37.2. The molecule has 42 heavy (non-hydrogen) atoms. The Morgan fingerprint density at radius 1 is 0.690 bits per heavy atom. The van der Waals surface area contributed by atoms with Crippen LogP contribution in [-0.4, -0.2) is 0 Å². The first-order chi connectivity index (χ1) is 19.7. The molecule has 0 aromatic carbocycles. The second-order valence-electron chi connectivity index (χ2n) is 13.4. The van der Waals surface area contributed by atoms with Crippen LogP contribution in [0.2, 0.25) is 0 Å². The summed E-state index contributed by atoms with van der Waals surface area (Å²) in [7, 11) is 0. The Morgan fingerprint density at radius 3 is 1.64 bits per heavy atom. The van der Waals surface area contributed by atoms with Crippen LogP contribution in [0.3, 0.4) is 0 Å². The van der Waals surface area contributed by atoms with Crippen molar-refractivity contribution in [2.45, 2.75) is 122 Å². The predicted octanol–water partition coefficient (Wildman–Crippen LogP) is 13.6. The molecule has 0 aliphatic heterocycles. The van der Waals surface area contributed by atoms with Crippen LogP contribution >= 0.6 is 0 Å². The fourth-order valence-electron chi connectivity index (χ4n) is 5.66. The van der Waals surface area contributed by atoms with Crippen molar-refractivity contribution in [1.29, 1.82) is 0 Å². The molecule has 0 saturated heterocycles. The van der Waals surface area contributed by atoms with E-state index in [1.54, 1.807) is 5.57 Å². The molecule has 0 aromatic heterocycles. The minimum Gasteiger partial charge on any atom is -0.0834 e. The van der Waals surface area contributed by atoms with E-state index in [1.807, 2.05) is 0 Å². The molecule has 0 amide bonds. The molecule has 0 spiro atoms. The zero-order valence-electron chi connectivity index (χ0n) is 29.3. The SMILES string of the molecule is CC/C=C(C)/C=C/C=C(C)/C=C/C1=C(C)C=CCC1(C)C.CC/C=C(C)/C=C/C=C(C)/C=C/C1=C(C)CCCC1(C)C. The molecule has 0 radical (unpaired) electrons. The maximum Gasteiger partial charge on any atom is -0.00664 e. The van der Waals surface area contributed by atoms with E-state index in [2.05, 4.69) is 168 Å². The van der Waals surface area contributed by atoms with Gasteiger partial charge in [0.25, 0.3) is 0 Å². The monoisotopic (exact) mass is 566 g/mol. The Morgan fingerprint density at radius 2 is 1.19 bits per heavy atom. The molecule has 0 heteroatoms. The summed E-state index contributed by atoms with van der Waals surface area (Å²) in [6.45, 7) is 26.8. The molecule has 0 unspecified atom stereocenters. The van der Waals surface area contributed by atoms with E-state index < -0.39 is 0 Å². The molecular formula is C42H62. The molecule has 0 atom stereocenters. The Kier molecular flexibility index (Phi) is 16.5. The maximum atomic E-state index is 2.37. The highest BCUT2D eigenvalue weighted by atomic mass is 14.3. The summed E-state index contributed by atoms with van der Waals surface area (Å²) in [5.41, 5.74) is 11.7. The summed E-state index contributed by atoms with van der Waals surface area (Å²) in [6.07, 6.45) is 38.3. The Hall–Kier alpha value is -2.86. The van der Waals surface area contributed by atoms with Crippen molar-refractivity contribution >= 4 is 0 Å². The fourth-order valence-corrected chi connectivity index (χ4v) is 5.66. The van der Waals surface area contributed by atoms with Gasteiger partial charge in [-0.05, 0) is 108 Å². The van der Waals surface area contributed by atoms with E-state index in [1.165, 1.54) is 58.3 Å². The van der Waals surface area contributed by atoms with Crippen LogP contribution in [-0.2, 0) is 0 Å². The van der Waals surface area contributed by atoms with Crippen molar-refractivity contribution in [3.63, 3.8) is 0 Å². The highest BCUT2D eigenvalue weighted by molar-refractivity contribution is 5.42. The molecule has 0 N–H and O–H groups in total. The van der Waals surface area contributed by atoms with Crippen LogP contribution in [0.25, 0.3) is 0 Å². The van der Waals surface area contributed by atoms with Crippen molar-refractivity contribution in [2.24, 2.45) is 10.8 Å². The largest absolute Gasteiger partial charge is 0.0834 e. The van der Waals surface area contributed by atoms with Crippen molar-refractivity contribution in [3.8, 4) is 0 Å². The number of hydrogen-bond donors (Lipinski definition) is 0. The molecule has 2 aliphatic carbocycles. The van der Waals surface area contributed by atoms with Crippen molar-refractivity contribution in [1.82, 2.24) is 0 Å². The van der Waals surface area contributed by atoms with E-state index >= 15 is 0 Å². The molecule has 0 nitrogen and oxygen atoms in total. The van der Waals surface area contributed by atoms with E-state index in [0.29, 0.717) is 5.41 Å². The zero-order chi connectivity index (χ0) is 31.8. The van der Waals surface area contributed by atoms with E-state index in [-0.39, 0.29) is 5.41 Å². The summed E-state index contributed by atoms with van der Waals surface area (Å²) in [4.78, 5) is 0. The van der Waals surface area contributed by atoms with Crippen LogP contribution in [0, 0.1) is 10.8 Å². The topological polar surface area (TPSA) is 0 Å². The summed E-state index contributed by atoms with van der Waals surface area (Å²) >= 11 is 0. The first-order valence-electron chi connectivity index (χ1n) is 16.2. The van der Waals surface area contributed by atoms with Crippen LogP contribution in [0.4, 0.5) is 0 Å². The molecule has 0 bridgehead atoms. The van der Waals surface area contributed by atoms with E-state index in [0.717, 1.165) is 19.3 Å². The van der Waals surface area contributed by atoms with Gasteiger partial charge < -0.3 is 0 Å². The normalized spacial score (nSPS) is 20.5. The van der Waals surface area contributed by atoms with Gasteiger partial charge in [0.2, 0.25) is 0 Å². The molecule has 0 aromatic rings. The number of rotatable bonds is 10.